The van der Waals surface area contributed by atoms with Gasteiger partial charge in [0.15, 0.2) is 0 Å². The molecular formula is C9H10F2O. The topological polar surface area (TPSA) is 9.23 Å². The maximum Gasteiger partial charge on any atom is 0.119 e. The van der Waals surface area contributed by atoms with Crippen molar-refractivity contribution in [2.75, 3.05) is 7.11 Å². The third-order valence-electron chi connectivity index (χ3n) is 1.70. The van der Waals surface area contributed by atoms with E-state index in [2.05, 4.69) is 0 Å². The number of methoxy groups -OCH3 is 1. The Bertz CT molecular complexity index is 261. The minimum atomic E-state index is -0.656. The quantitative estimate of drug-likeness (QED) is 0.681. The third kappa shape index (κ3) is 1.72. The summed E-state index contributed by atoms with van der Waals surface area (Å²) in [6, 6.07) is 4.66. The maximum absolute atomic E-state index is 12.3. The van der Waals surface area contributed by atoms with Crippen molar-refractivity contribution < 1.29 is 13.5 Å². The van der Waals surface area contributed by atoms with E-state index in [0.29, 0.717) is 16.9 Å². The second-order valence-corrected chi connectivity index (χ2v) is 2.40. The molecule has 0 N–H and O–H groups in total. The van der Waals surface area contributed by atoms with E-state index in [4.69, 9.17) is 4.74 Å². The van der Waals surface area contributed by atoms with Gasteiger partial charge >= 0.3 is 0 Å². The predicted molar refractivity (Wildman–Crippen MR) is 42.6 cm³/mol. The summed E-state index contributed by atoms with van der Waals surface area (Å²) in [4.78, 5) is 0. The SMILES string of the molecule is COc1ccc(CF)c(CF)c1. The molecule has 0 atom stereocenters. The smallest absolute Gasteiger partial charge is 0.119 e. The largest absolute Gasteiger partial charge is 0.497 e. The summed E-state index contributed by atoms with van der Waals surface area (Å²) in [7, 11) is 1.49. The van der Waals surface area contributed by atoms with Gasteiger partial charge in [0.25, 0.3) is 0 Å². The molecule has 0 heterocycles. The number of benzene rings is 1. The predicted octanol–water partition coefficient (Wildman–Crippen LogP) is 2.63. The zero-order valence-corrected chi connectivity index (χ0v) is 6.81. The fraction of sp³-hybridized carbons (Fsp3) is 0.333. The Hall–Kier alpha value is -1.12. The van der Waals surface area contributed by atoms with E-state index >= 15 is 0 Å². The van der Waals surface area contributed by atoms with Crippen molar-refractivity contribution in [3.8, 4) is 5.75 Å². The van der Waals surface area contributed by atoms with Crippen molar-refractivity contribution in [2.45, 2.75) is 13.3 Å². The molecule has 66 valence electrons. The average molecular weight is 172 g/mol. The first-order valence-corrected chi connectivity index (χ1v) is 3.59. The van der Waals surface area contributed by atoms with Crippen LogP contribution in [0, 0.1) is 0 Å². The van der Waals surface area contributed by atoms with Gasteiger partial charge in [-0.2, -0.15) is 0 Å². The van der Waals surface area contributed by atoms with Crippen LogP contribution >= 0.6 is 0 Å². The lowest BCUT2D eigenvalue weighted by atomic mass is 10.1. The van der Waals surface area contributed by atoms with Crippen molar-refractivity contribution in [1.82, 2.24) is 0 Å². The highest BCUT2D eigenvalue weighted by Gasteiger charge is 2.02. The Morgan fingerprint density at radius 2 is 1.83 bits per heavy atom. The summed E-state index contributed by atoms with van der Waals surface area (Å²) in [5, 5.41) is 0. The molecule has 0 aliphatic heterocycles. The lowest BCUT2D eigenvalue weighted by Crippen LogP contribution is -1.91. The van der Waals surface area contributed by atoms with Gasteiger partial charge in [0.2, 0.25) is 0 Å². The van der Waals surface area contributed by atoms with Crippen LogP contribution in [0.2, 0.25) is 0 Å². The molecule has 0 fully saturated rings. The molecule has 0 aliphatic carbocycles. The van der Waals surface area contributed by atoms with E-state index in [-0.39, 0.29) is 0 Å². The molecule has 0 spiro atoms. The fourth-order valence-corrected chi connectivity index (χ4v) is 0.984. The number of halogens is 2. The second kappa shape index (κ2) is 4.04. The van der Waals surface area contributed by atoms with Crippen molar-refractivity contribution in [3.63, 3.8) is 0 Å². The van der Waals surface area contributed by atoms with Gasteiger partial charge in [-0.25, -0.2) is 8.78 Å². The van der Waals surface area contributed by atoms with E-state index in [1.54, 1.807) is 6.07 Å². The Morgan fingerprint density at radius 3 is 2.33 bits per heavy atom. The molecule has 0 unspecified atom stereocenters. The van der Waals surface area contributed by atoms with Gasteiger partial charge in [-0.1, -0.05) is 6.07 Å². The molecule has 0 saturated carbocycles. The number of alkyl halides is 2. The van der Waals surface area contributed by atoms with E-state index in [9.17, 15) is 8.78 Å². The first-order chi connectivity index (χ1) is 5.81. The molecule has 1 aromatic rings. The summed E-state index contributed by atoms with van der Waals surface area (Å²) in [5.41, 5.74) is 0.746. The highest BCUT2D eigenvalue weighted by atomic mass is 19.1. The molecule has 0 amide bonds. The van der Waals surface area contributed by atoms with Crippen LogP contribution in [0.5, 0.6) is 5.75 Å². The van der Waals surface area contributed by atoms with Gasteiger partial charge in [-0.3, -0.25) is 0 Å². The van der Waals surface area contributed by atoms with Crippen molar-refractivity contribution >= 4 is 0 Å². The van der Waals surface area contributed by atoms with Crippen LogP contribution < -0.4 is 4.74 Å². The van der Waals surface area contributed by atoms with E-state index in [0.717, 1.165) is 0 Å². The van der Waals surface area contributed by atoms with Crippen molar-refractivity contribution in [2.24, 2.45) is 0 Å². The maximum atomic E-state index is 12.3. The molecule has 1 rings (SSSR count). The van der Waals surface area contributed by atoms with Gasteiger partial charge in [-0.15, -0.1) is 0 Å². The van der Waals surface area contributed by atoms with E-state index < -0.39 is 13.3 Å². The molecule has 0 saturated heterocycles. The number of hydrogen-bond donors (Lipinski definition) is 0. The van der Waals surface area contributed by atoms with Crippen molar-refractivity contribution in [1.29, 1.82) is 0 Å². The van der Waals surface area contributed by atoms with E-state index in [1.807, 2.05) is 0 Å². The number of ether oxygens (including phenoxy) is 1. The Kier molecular flexibility index (Phi) is 3.02. The molecule has 1 nitrogen and oxygen atoms in total. The average Bonchev–Trinajstić information content (AvgIpc) is 2.16. The monoisotopic (exact) mass is 172 g/mol. The highest BCUT2D eigenvalue weighted by Crippen LogP contribution is 2.19. The van der Waals surface area contributed by atoms with Gasteiger partial charge in [0, 0.05) is 0 Å². The Morgan fingerprint density at radius 1 is 1.17 bits per heavy atom. The normalized spacial score (nSPS) is 9.92. The van der Waals surface area contributed by atoms with Crippen LogP contribution in [0.15, 0.2) is 18.2 Å². The number of hydrogen-bond acceptors (Lipinski definition) is 1. The molecule has 0 aromatic heterocycles. The summed E-state index contributed by atoms with van der Waals surface area (Å²) in [6.07, 6.45) is 0. The van der Waals surface area contributed by atoms with Gasteiger partial charge in [0.1, 0.15) is 19.1 Å². The van der Waals surface area contributed by atoms with E-state index in [1.165, 1.54) is 19.2 Å². The van der Waals surface area contributed by atoms with Gasteiger partial charge in [-0.05, 0) is 23.3 Å². The van der Waals surface area contributed by atoms with Crippen LogP contribution in [0.3, 0.4) is 0 Å². The minimum absolute atomic E-state index is 0.358. The zero-order chi connectivity index (χ0) is 8.97. The summed E-state index contributed by atoms with van der Waals surface area (Å²) in [5.74, 6) is 0.555. The van der Waals surface area contributed by atoms with Crippen molar-refractivity contribution in [3.05, 3.63) is 29.3 Å². The standard InChI is InChI=1S/C9H10F2O/c1-12-9-3-2-7(5-10)8(4-9)6-11/h2-4H,5-6H2,1H3. The lowest BCUT2D eigenvalue weighted by molar-refractivity contribution is 0.409. The summed E-state index contributed by atoms with van der Waals surface area (Å²) >= 11 is 0. The molecule has 0 radical (unpaired) electrons. The highest BCUT2D eigenvalue weighted by molar-refractivity contribution is 5.34. The minimum Gasteiger partial charge on any atom is -0.497 e. The Balaban J connectivity index is 3.02. The van der Waals surface area contributed by atoms with Gasteiger partial charge in [0.05, 0.1) is 7.11 Å². The van der Waals surface area contributed by atoms with Crippen LogP contribution in [-0.4, -0.2) is 7.11 Å². The third-order valence-corrected chi connectivity index (χ3v) is 1.70. The second-order valence-electron chi connectivity index (χ2n) is 2.40. The molecule has 0 bridgehead atoms. The molecule has 12 heavy (non-hydrogen) atoms. The van der Waals surface area contributed by atoms with Gasteiger partial charge < -0.3 is 4.74 Å². The zero-order valence-electron chi connectivity index (χ0n) is 6.81. The number of rotatable bonds is 3. The summed E-state index contributed by atoms with van der Waals surface area (Å²) in [6.45, 7) is -1.29. The first-order valence-electron chi connectivity index (χ1n) is 3.59. The lowest BCUT2D eigenvalue weighted by Gasteiger charge is -2.04. The first kappa shape index (κ1) is 8.97. The molecule has 0 aliphatic rings. The van der Waals surface area contributed by atoms with Crippen LogP contribution in [-0.2, 0) is 13.3 Å². The molecule has 3 heteroatoms. The van der Waals surface area contributed by atoms with Crippen LogP contribution in [0.1, 0.15) is 11.1 Å². The van der Waals surface area contributed by atoms with Crippen LogP contribution in [0.4, 0.5) is 8.78 Å². The molecule has 1 aromatic carbocycles. The summed E-state index contributed by atoms with van der Waals surface area (Å²) < 4.78 is 29.3. The molecular weight excluding hydrogens is 162 g/mol. The fourth-order valence-electron chi connectivity index (χ4n) is 0.984. The Labute approximate surface area is 70.0 Å². The van der Waals surface area contributed by atoms with Crippen LogP contribution in [0.25, 0.3) is 0 Å².